The minimum Gasteiger partial charge on any atom is -0.302 e. The molecule has 0 aliphatic carbocycles. The molecular weight excluding hydrogens is 400 g/mol. The zero-order valence-electron chi connectivity index (χ0n) is 15.2. The number of fused-ring (bicyclic) bond motifs is 1. The van der Waals surface area contributed by atoms with Gasteiger partial charge in [-0.25, -0.2) is 13.4 Å². The monoisotopic (exact) mass is 420 g/mol. The highest BCUT2D eigenvalue weighted by Crippen LogP contribution is 2.29. The van der Waals surface area contributed by atoms with Gasteiger partial charge in [0.15, 0.2) is 15.0 Å². The van der Waals surface area contributed by atoms with Crippen molar-refractivity contribution in [3.05, 3.63) is 48.0 Å². The lowest BCUT2D eigenvalue weighted by Gasteiger charge is -2.08. The summed E-state index contributed by atoms with van der Waals surface area (Å²) in [7, 11) is -3.30. The number of nitrogens with one attached hydrogen (secondary N) is 1. The van der Waals surface area contributed by atoms with E-state index >= 15 is 0 Å². The van der Waals surface area contributed by atoms with E-state index in [1.165, 1.54) is 11.3 Å². The van der Waals surface area contributed by atoms with Crippen LogP contribution in [0.5, 0.6) is 0 Å². The number of anilines is 1. The maximum Gasteiger partial charge on any atom is 0.230 e. The number of thioether (sulfide) groups is 1. The SMILES string of the molecule is CSc1ccc2nc(NC(=O)Cc3ccc(S(=O)(=O)C(C)C)cc3)sc2c1. The van der Waals surface area contributed by atoms with Crippen LogP contribution in [-0.4, -0.2) is 30.8 Å². The molecule has 1 heterocycles. The number of hydrogen-bond donors (Lipinski definition) is 1. The summed E-state index contributed by atoms with van der Waals surface area (Å²) in [5.41, 5.74) is 1.61. The molecule has 0 spiro atoms. The van der Waals surface area contributed by atoms with Gasteiger partial charge in [0.1, 0.15) is 0 Å². The first-order chi connectivity index (χ1) is 12.8. The van der Waals surface area contributed by atoms with E-state index in [-0.39, 0.29) is 17.2 Å². The van der Waals surface area contributed by atoms with Crippen LogP contribution in [0, 0.1) is 0 Å². The van der Waals surface area contributed by atoms with Crippen molar-refractivity contribution in [1.82, 2.24) is 4.98 Å². The van der Waals surface area contributed by atoms with E-state index in [9.17, 15) is 13.2 Å². The van der Waals surface area contributed by atoms with Gasteiger partial charge in [-0.1, -0.05) is 23.5 Å². The van der Waals surface area contributed by atoms with Gasteiger partial charge in [0.25, 0.3) is 0 Å². The summed E-state index contributed by atoms with van der Waals surface area (Å²) >= 11 is 3.10. The van der Waals surface area contributed by atoms with Crippen LogP contribution >= 0.6 is 23.1 Å². The maximum atomic E-state index is 12.3. The van der Waals surface area contributed by atoms with Gasteiger partial charge in [-0.05, 0) is 56.0 Å². The number of thiazole rings is 1. The number of amides is 1. The van der Waals surface area contributed by atoms with Crippen molar-refractivity contribution >= 4 is 54.2 Å². The van der Waals surface area contributed by atoms with E-state index in [4.69, 9.17) is 0 Å². The Morgan fingerprint density at radius 3 is 2.52 bits per heavy atom. The van der Waals surface area contributed by atoms with E-state index in [0.29, 0.717) is 5.13 Å². The molecule has 0 atom stereocenters. The highest BCUT2D eigenvalue weighted by Gasteiger charge is 2.19. The van der Waals surface area contributed by atoms with Crippen LogP contribution < -0.4 is 5.32 Å². The van der Waals surface area contributed by atoms with Gasteiger partial charge in [-0.15, -0.1) is 11.8 Å². The minimum absolute atomic E-state index is 0.161. The summed E-state index contributed by atoms with van der Waals surface area (Å²) < 4.78 is 25.3. The van der Waals surface area contributed by atoms with Crippen molar-refractivity contribution in [3.8, 4) is 0 Å². The molecule has 1 amide bonds. The van der Waals surface area contributed by atoms with E-state index in [2.05, 4.69) is 16.4 Å². The zero-order chi connectivity index (χ0) is 19.6. The molecule has 1 aromatic heterocycles. The molecule has 2 aromatic carbocycles. The number of nitrogens with zero attached hydrogens (tertiary/aromatic N) is 1. The van der Waals surface area contributed by atoms with Crippen LogP contribution in [0.4, 0.5) is 5.13 Å². The summed E-state index contributed by atoms with van der Waals surface area (Å²) in [4.78, 5) is 18.2. The third-order valence-electron chi connectivity index (χ3n) is 4.08. The quantitative estimate of drug-likeness (QED) is 0.599. The van der Waals surface area contributed by atoms with Crippen molar-refractivity contribution in [2.45, 2.75) is 35.3 Å². The van der Waals surface area contributed by atoms with Crippen molar-refractivity contribution in [1.29, 1.82) is 0 Å². The summed E-state index contributed by atoms with van der Waals surface area (Å²) in [6, 6.07) is 12.5. The van der Waals surface area contributed by atoms with Crippen molar-refractivity contribution in [3.63, 3.8) is 0 Å². The Hall–Kier alpha value is -1.90. The molecule has 8 heteroatoms. The fraction of sp³-hybridized carbons (Fsp3) is 0.263. The molecule has 142 valence electrons. The van der Waals surface area contributed by atoms with Crippen LogP contribution in [0.1, 0.15) is 19.4 Å². The van der Waals surface area contributed by atoms with E-state index in [0.717, 1.165) is 20.7 Å². The minimum atomic E-state index is -3.30. The third kappa shape index (κ3) is 4.51. The molecule has 27 heavy (non-hydrogen) atoms. The van der Waals surface area contributed by atoms with Crippen LogP contribution in [-0.2, 0) is 21.1 Å². The lowest BCUT2D eigenvalue weighted by atomic mass is 10.1. The molecule has 0 unspecified atom stereocenters. The summed E-state index contributed by atoms with van der Waals surface area (Å²) in [5.74, 6) is -0.182. The molecule has 0 bridgehead atoms. The first-order valence-electron chi connectivity index (χ1n) is 8.37. The van der Waals surface area contributed by atoms with Gasteiger partial charge in [0.2, 0.25) is 5.91 Å². The normalized spacial score (nSPS) is 11.9. The number of benzene rings is 2. The van der Waals surface area contributed by atoms with E-state index in [1.807, 2.05) is 18.4 Å². The number of carbonyl (C=O) groups excluding carboxylic acids is 1. The highest BCUT2D eigenvalue weighted by atomic mass is 32.2. The molecule has 0 fully saturated rings. The second-order valence-corrected chi connectivity index (χ2v) is 10.7. The smallest absolute Gasteiger partial charge is 0.230 e. The largest absolute Gasteiger partial charge is 0.302 e. The number of hydrogen-bond acceptors (Lipinski definition) is 6. The first-order valence-corrected chi connectivity index (χ1v) is 12.0. The van der Waals surface area contributed by atoms with Gasteiger partial charge in [0.05, 0.1) is 26.8 Å². The maximum absolute atomic E-state index is 12.3. The number of aromatic nitrogens is 1. The predicted molar refractivity (Wildman–Crippen MR) is 112 cm³/mol. The Labute approximate surface area is 167 Å². The standard InChI is InChI=1S/C19H20N2O3S3/c1-12(2)27(23,24)15-7-4-13(5-8-15)10-18(22)21-19-20-16-9-6-14(25-3)11-17(16)26-19/h4-9,11-12H,10H2,1-3H3,(H,20,21,22). The molecule has 3 aromatic rings. The molecule has 0 saturated heterocycles. The lowest BCUT2D eigenvalue weighted by Crippen LogP contribution is -2.15. The van der Waals surface area contributed by atoms with E-state index < -0.39 is 15.1 Å². The fourth-order valence-corrected chi connectivity index (χ4v) is 5.00. The summed E-state index contributed by atoms with van der Waals surface area (Å²) in [6.45, 7) is 3.30. The molecule has 0 aliphatic heterocycles. The molecule has 3 rings (SSSR count). The first kappa shape index (κ1) is 19.9. The third-order valence-corrected chi connectivity index (χ3v) is 7.91. The second-order valence-electron chi connectivity index (χ2n) is 6.32. The van der Waals surface area contributed by atoms with Crippen LogP contribution in [0.25, 0.3) is 10.2 Å². The Kier molecular flexibility index (Phi) is 5.88. The number of sulfone groups is 1. The number of rotatable bonds is 6. The van der Waals surface area contributed by atoms with E-state index in [1.54, 1.807) is 49.9 Å². The van der Waals surface area contributed by atoms with Gasteiger partial charge < -0.3 is 5.32 Å². The van der Waals surface area contributed by atoms with Crippen LogP contribution in [0.3, 0.4) is 0 Å². The Balaban J connectivity index is 1.69. The summed E-state index contributed by atoms with van der Waals surface area (Å²) in [5, 5.41) is 2.91. The van der Waals surface area contributed by atoms with Gasteiger partial charge in [-0.3, -0.25) is 4.79 Å². The molecule has 5 nitrogen and oxygen atoms in total. The highest BCUT2D eigenvalue weighted by molar-refractivity contribution is 7.98. The average Bonchev–Trinajstić information content (AvgIpc) is 3.02. The Bertz CT molecular complexity index is 1070. The Morgan fingerprint density at radius 2 is 1.89 bits per heavy atom. The fourth-order valence-electron chi connectivity index (χ4n) is 2.50. The molecule has 0 saturated carbocycles. The van der Waals surface area contributed by atoms with Crippen molar-refractivity contribution < 1.29 is 13.2 Å². The van der Waals surface area contributed by atoms with Crippen molar-refractivity contribution in [2.75, 3.05) is 11.6 Å². The lowest BCUT2D eigenvalue weighted by molar-refractivity contribution is -0.115. The molecular formula is C19H20N2O3S3. The van der Waals surface area contributed by atoms with Crippen LogP contribution in [0.2, 0.25) is 0 Å². The van der Waals surface area contributed by atoms with Gasteiger partial charge >= 0.3 is 0 Å². The van der Waals surface area contributed by atoms with Crippen LogP contribution in [0.15, 0.2) is 52.3 Å². The molecule has 0 radical (unpaired) electrons. The molecule has 1 N–H and O–H groups in total. The summed E-state index contributed by atoms with van der Waals surface area (Å²) in [6.07, 6.45) is 2.18. The predicted octanol–water partition coefficient (Wildman–Crippen LogP) is 4.38. The van der Waals surface area contributed by atoms with Gasteiger partial charge in [0, 0.05) is 4.90 Å². The van der Waals surface area contributed by atoms with Crippen molar-refractivity contribution in [2.24, 2.45) is 0 Å². The number of carbonyl (C=O) groups is 1. The Morgan fingerprint density at radius 1 is 1.19 bits per heavy atom. The zero-order valence-corrected chi connectivity index (χ0v) is 17.7. The molecule has 0 aliphatic rings. The topological polar surface area (TPSA) is 76.1 Å². The second kappa shape index (κ2) is 8.00. The van der Waals surface area contributed by atoms with Gasteiger partial charge in [-0.2, -0.15) is 0 Å². The average molecular weight is 421 g/mol.